The van der Waals surface area contributed by atoms with Crippen LogP contribution in [0.25, 0.3) is 0 Å². The van der Waals surface area contributed by atoms with Gasteiger partial charge in [0.05, 0.1) is 0 Å². The molecule has 0 amide bonds. The standard InChI is InChI=1S/C13H25ClO2/c1-3-16-13(2,15)12(9-10-14)11-7-5-4-6-8-11/h11-12,15H,3-10H2,1-2H3/t12?,13-/m1/s1. The Bertz CT molecular complexity index is 188. The first-order valence-corrected chi connectivity index (χ1v) is 7.07. The number of aliphatic hydroxyl groups is 1. The summed E-state index contributed by atoms with van der Waals surface area (Å²) in [6.45, 7) is 4.27. The zero-order valence-corrected chi connectivity index (χ0v) is 11.3. The summed E-state index contributed by atoms with van der Waals surface area (Å²) in [5.74, 6) is 0.357. The summed E-state index contributed by atoms with van der Waals surface area (Å²) < 4.78 is 5.49. The molecule has 0 saturated heterocycles. The van der Waals surface area contributed by atoms with Crippen molar-refractivity contribution in [3.05, 3.63) is 0 Å². The normalized spacial score (nSPS) is 24.0. The van der Waals surface area contributed by atoms with Crippen molar-refractivity contribution >= 4 is 11.6 Å². The lowest BCUT2D eigenvalue weighted by Crippen LogP contribution is -2.42. The predicted molar refractivity (Wildman–Crippen MR) is 67.7 cm³/mol. The molecule has 0 spiro atoms. The van der Waals surface area contributed by atoms with E-state index in [1.807, 2.05) is 6.92 Å². The van der Waals surface area contributed by atoms with E-state index in [2.05, 4.69) is 0 Å². The Balaban J connectivity index is 2.63. The van der Waals surface area contributed by atoms with E-state index in [4.69, 9.17) is 16.3 Å². The van der Waals surface area contributed by atoms with E-state index in [0.717, 1.165) is 6.42 Å². The molecule has 96 valence electrons. The molecular formula is C13H25ClO2. The number of ether oxygens (including phenoxy) is 1. The lowest BCUT2D eigenvalue weighted by molar-refractivity contribution is -0.234. The van der Waals surface area contributed by atoms with Gasteiger partial charge in [-0.25, -0.2) is 0 Å². The van der Waals surface area contributed by atoms with Gasteiger partial charge in [0, 0.05) is 18.4 Å². The molecule has 2 atom stereocenters. The van der Waals surface area contributed by atoms with Gasteiger partial charge in [-0.2, -0.15) is 0 Å². The summed E-state index contributed by atoms with van der Waals surface area (Å²) >= 11 is 5.86. The van der Waals surface area contributed by atoms with Crippen LogP contribution in [0.15, 0.2) is 0 Å². The zero-order chi connectivity index (χ0) is 12.0. The Morgan fingerprint density at radius 1 is 1.38 bits per heavy atom. The lowest BCUT2D eigenvalue weighted by atomic mass is 9.75. The highest BCUT2D eigenvalue weighted by atomic mass is 35.5. The predicted octanol–water partition coefficient (Wildman–Crippen LogP) is 3.56. The molecule has 0 aromatic carbocycles. The van der Waals surface area contributed by atoms with Crippen LogP contribution in [-0.4, -0.2) is 23.4 Å². The molecule has 1 aliphatic carbocycles. The Labute approximate surface area is 104 Å². The van der Waals surface area contributed by atoms with E-state index in [0.29, 0.717) is 18.4 Å². The summed E-state index contributed by atoms with van der Waals surface area (Å²) in [4.78, 5) is 0. The molecule has 0 aromatic rings. The van der Waals surface area contributed by atoms with Gasteiger partial charge in [-0.05, 0) is 39.0 Å². The van der Waals surface area contributed by atoms with Crippen molar-refractivity contribution in [2.75, 3.05) is 12.5 Å². The molecule has 0 heterocycles. The first-order chi connectivity index (χ1) is 7.61. The second-order valence-electron chi connectivity index (χ2n) is 4.97. The molecule has 16 heavy (non-hydrogen) atoms. The molecule has 0 aliphatic heterocycles. The van der Waals surface area contributed by atoms with Gasteiger partial charge < -0.3 is 9.84 Å². The summed E-state index contributed by atoms with van der Waals surface area (Å²) in [5, 5.41) is 10.4. The van der Waals surface area contributed by atoms with Crippen molar-refractivity contribution in [2.24, 2.45) is 11.8 Å². The Morgan fingerprint density at radius 3 is 2.50 bits per heavy atom. The van der Waals surface area contributed by atoms with Crippen LogP contribution < -0.4 is 0 Å². The highest BCUT2D eigenvalue weighted by Crippen LogP contribution is 2.38. The fourth-order valence-corrected chi connectivity index (χ4v) is 3.23. The maximum absolute atomic E-state index is 10.4. The van der Waals surface area contributed by atoms with Gasteiger partial charge in [-0.3, -0.25) is 0 Å². The monoisotopic (exact) mass is 248 g/mol. The van der Waals surface area contributed by atoms with Crippen LogP contribution in [0.2, 0.25) is 0 Å². The van der Waals surface area contributed by atoms with Crippen LogP contribution in [-0.2, 0) is 4.74 Å². The van der Waals surface area contributed by atoms with Crippen molar-refractivity contribution in [1.82, 2.24) is 0 Å². The Morgan fingerprint density at radius 2 is 2.00 bits per heavy atom. The maximum atomic E-state index is 10.4. The second kappa shape index (κ2) is 6.83. The third-order valence-electron chi connectivity index (χ3n) is 3.76. The van der Waals surface area contributed by atoms with E-state index in [1.54, 1.807) is 6.92 Å². The van der Waals surface area contributed by atoms with Crippen LogP contribution in [0.4, 0.5) is 0 Å². The molecular weight excluding hydrogens is 224 g/mol. The van der Waals surface area contributed by atoms with E-state index in [1.165, 1.54) is 32.1 Å². The average molecular weight is 249 g/mol. The summed E-state index contributed by atoms with van der Waals surface area (Å²) in [6.07, 6.45) is 7.17. The third-order valence-corrected chi connectivity index (χ3v) is 3.98. The number of hydrogen-bond donors (Lipinski definition) is 1. The molecule has 0 radical (unpaired) electrons. The van der Waals surface area contributed by atoms with Gasteiger partial charge in [0.2, 0.25) is 0 Å². The summed E-state index contributed by atoms with van der Waals surface area (Å²) in [7, 11) is 0. The van der Waals surface area contributed by atoms with E-state index < -0.39 is 5.79 Å². The van der Waals surface area contributed by atoms with Crippen molar-refractivity contribution in [1.29, 1.82) is 0 Å². The second-order valence-corrected chi connectivity index (χ2v) is 5.35. The van der Waals surface area contributed by atoms with E-state index in [9.17, 15) is 5.11 Å². The van der Waals surface area contributed by atoms with Crippen LogP contribution in [0.1, 0.15) is 52.4 Å². The molecule has 1 rings (SSSR count). The van der Waals surface area contributed by atoms with Gasteiger partial charge >= 0.3 is 0 Å². The van der Waals surface area contributed by atoms with Gasteiger partial charge in [0.25, 0.3) is 0 Å². The van der Waals surface area contributed by atoms with Gasteiger partial charge in [-0.15, -0.1) is 11.6 Å². The average Bonchev–Trinajstić information content (AvgIpc) is 2.27. The molecule has 0 bridgehead atoms. The highest BCUT2D eigenvalue weighted by molar-refractivity contribution is 6.17. The molecule has 1 fully saturated rings. The first kappa shape index (κ1) is 14.3. The van der Waals surface area contributed by atoms with Gasteiger partial charge in [0.15, 0.2) is 5.79 Å². The quantitative estimate of drug-likeness (QED) is 0.575. The topological polar surface area (TPSA) is 29.5 Å². The number of hydrogen-bond acceptors (Lipinski definition) is 2. The molecule has 1 N–H and O–H groups in total. The maximum Gasteiger partial charge on any atom is 0.165 e. The molecule has 1 saturated carbocycles. The minimum atomic E-state index is -1.01. The Hall–Kier alpha value is 0.210. The van der Waals surface area contributed by atoms with Crippen LogP contribution in [0.5, 0.6) is 0 Å². The molecule has 1 aliphatic rings. The van der Waals surface area contributed by atoms with Crippen molar-refractivity contribution < 1.29 is 9.84 Å². The minimum absolute atomic E-state index is 0.185. The van der Waals surface area contributed by atoms with Gasteiger partial charge in [0.1, 0.15) is 0 Å². The van der Waals surface area contributed by atoms with E-state index >= 15 is 0 Å². The first-order valence-electron chi connectivity index (χ1n) is 6.54. The van der Waals surface area contributed by atoms with Crippen molar-refractivity contribution in [3.8, 4) is 0 Å². The Kier molecular flexibility index (Phi) is 6.09. The largest absolute Gasteiger partial charge is 0.365 e. The van der Waals surface area contributed by atoms with Crippen molar-refractivity contribution in [3.63, 3.8) is 0 Å². The lowest BCUT2D eigenvalue weighted by Gasteiger charge is -2.39. The van der Waals surface area contributed by atoms with Gasteiger partial charge in [-0.1, -0.05) is 19.3 Å². The minimum Gasteiger partial charge on any atom is -0.365 e. The van der Waals surface area contributed by atoms with Crippen LogP contribution >= 0.6 is 11.6 Å². The smallest absolute Gasteiger partial charge is 0.165 e. The molecule has 3 heteroatoms. The van der Waals surface area contributed by atoms with Crippen LogP contribution in [0.3, 0.4) is 0 Å². The number of rotatable bonds is 6. The molecule has 2 nitrogen and oxygen atoms in total. The zero-order valence-electron chi connectivity index (χ0n) is 10.5. The number of halogens is 1. The SMILES string of the molecule is CCO[C@@](C)(O)C(CCCl)C1CCCCC1. The fraction of sp³-hybridized carbons (Fsp3) is 1.00. The highest BCUT2D eigenvalue weighted by Gasteiger charge is 2.38. The fourth-order valence-electron chi connectivity index (χ4n) is 2.99. The number of alkyl halides is 1. The summed E-state index contributed by atoms with van der Waals surface area (Å²) in [5.41, 5.74) is 0. The van der Waals surface area contributed by atoms with E-state index in [-0.39, 0.29) is 5.92 Å². The van der Waals surface area contributed by atoms with Crippen molar-refractivity contribution in [2.45, 2.75) is 58.2 Å². The summed E-state index contributed by atoms with van der Waals surface area (Å²) in [6, 6.07) is 0. The third kappa shape index (κ3) is 3.90. The van der Waals surface area contributed by atoms with Crippen LogP contribution in [0, 0.1) is 11.8 Å². The molecule has 1 unspecified atom stereocenters. The molecule has 0 aromatic heterocycles.